The van der Waals surface area contributed by atoms with Gasteiger partial charge in [0.15, 0.2) is 0 Å². The number of hydrogen-bond acceptors (Lipinski definition) is 7. The van der Waals surface area contributed by atoms with Gasteiger partial charge in [-0.2, -0.15) is 0 Å². The fraction of sp³-hybridized carbons (Fsp3) is 0.500. The van der Waals surface area contributed by atoms with E-state index in [1.54, 1.807) is 52.9 Å². The molecule has 2 aromatic rings. The van der Waals surface area contributed by atoms with Gasteiger partial charge >= 0.3 is 6.09 Å². The lowest BCUT2D eigenvalue weighted by Gasteiger charge is -2.45. The van der Waals surface area contributed by atoms with Crippen LogP contribution in [0.4, 0.5) is 26.2 Å². The number of likely N-dealkylation sites (tertiary alicyclic amines) is 1. The van der Waals surface area contributed by atoms with Crippen LogP contribution in [0, 0.1) is 5.82 Å². The molecule has 0 radical (unpaired) electrons. The van der Waals surface area contributed by atoms with Gasteiger partial charge in [0, 0.05) is 31.7 Å². The van der Waals surface area contributed by atoms with Gasteiger partial charge in [0.05, 0.1) is 23.3 Å². The molecule has 10 nitrogen and oxygen atoms in total. The smallest absolute Gasteiger partial charge is 0.414 e. The molecule has 3 heterocycles. The van der Waals surface area contributed by atoms with Gasteiger partial charge in [0.1, 0.15) is 22.7 Å². The monoisotopic (exact) mass is 540 g/mol. The summed E-state index contributed by atoms with van der Waals surface area (Å²) in [5, 5.41) is 2.94. The number of likely N-dealkylation sites (N-methyl/N-ethyl adjacent to an activating group) is 1. The second kappa shape index (κ2) is 10.4. The highest BCUT2D eigenvalue weighted by molar-refractivity contribution is 6.10. The first-order chi connectivity index (χ1) is 18.3. The Hall–Kier alpha value is -3.73. The Labute approximate surface area is 228 Å². The van der Waals surface area contributed by atoms with Crippen LogP contribution in [0.25, 0.3) is 0 Å². The van der Waals surface area contributed by atoms with Gasteiger partial charge in [0.25, 0.3) is 5.91 Å². The van der Waals surface area contributed by atoms with Crippen LogP contribution in [0.2, 0.25) is 0 Å². The molecule has 2 aliphatic heterocycles. The van der Waals surface area contributed by atoms with Crippen molar-refractivity contribution >= 4 is 35.0 Å². The summed E-state index contributed by atoms with van der Waals surface area (Å²) in [6.45, 7) is 10.3. The van der Waals surface area contributed by atoms with Crippen LogP contribution in [0.5, 0.6) is 0 Å². The summed E-state index contributed by atoms with van der Waals surface area (Å²) in [5.74, 6) is -1.41. The van der Waals surface area contributed by atoms with E-state index >= 15 is 4.39 Å². The minimum atomic E-state index is -1.15. The molecule has 0 spiro atoms. The highest BCUT2D eigenvalue weighted by Gasteiger charge is 2.50. The number of rotatable bonds is 6. The Morgan fingerprint density at radius 3 is 2.62 bits per heavy atom. The number of amides is 3. The maximum Gasteiger partial charge on any atom is 0.414 e. The van der Waals surface area contributed by atoms with E-state index < -0.39 is 29.0 Å². The fourth-order valence-corrected chi connectivity index (χ4v) is 5.34. The molecule has 3 amide bonds. The van der Waals surface area contributed by atoms with Crippen LogP contribution < -0.4 is 20.9 Å². The third-order valence-corrected chi connectivity index (χ3v) is 7.49. The molecule has 11 heteroatoms. The predicted octanol–water partition coefficient (Wildman–Crippen LogP) is 3.85. The molecule has 3 N–H and O–H groups in total. The molecule has 1 aromatic heterocycles. The van der Waals surface area contributed by atoms with Gasteiger partial charge in [-0.3, -0.25) is 19.4 Å². The first kappa shape index (κ1) is 28.3. The maximum absolute atomic E-state index is 15.1. The zero-order valence-electron chi connectivity index (χ0n) is 23.4. The Kier molecular flexibility index (Phi) is 7.57. The number of nitrogens with one attached hydrogen (secondary N) is 1. The van der Waals surface area contributed by atoms with Gasteiger partial charge in [-0.15, -0.1) is 0 Å². The lowest BCUT2D eigenvalue weighted by Crippen LogP contribution is -2.56. The number of benzene rings is 1. The average molecular weight is 541 g/mol. The lowest BCUT2D eigenvalue weighted by atomic mass is 9.88. The Balaban J connectivity index is 1.65. The molecule has 0 bridgehead atoms. The number of primary amides is 1. The number of hydrogen-bond donors (Lipinski definition) is 2. The lowest BCUT2D eigenvalue weighted by molar-refractivity contribution is -0.127. The van der Waals surface area contributed by atoms with E-state index in [9.17, 15) is 14.4 Å². The van der Waals surface area contributed by atoms with E-state index in [1.165, 1.54) is 17.0 Å². The largest absolute Gasteiger partial charge is 0.443 e. The molecule has 1 saturated heterocycles. The molecule has 2 aliphatic rings. The number of carbonyl (C=O) groups excluding carboxylic acids is 3. The highest BCUT2D eigenvalue weighted by Crippen LogP contribution is 2.47. The predicted molar refractivity (Wildman–Crippen MR) is 147 cm³/mol. The number of ether oxygens (including phenoxy) is 1. The Bertz CT molecular complexity index is 1280. The number of fused-ring (bicyclic) bond motifs is 1. The third kappa shape index (κ3) is 5.40. The van der Waals surface area contributed by atoms with E-state index in [2.05, 4.69) is 20.1 Å². The normalized spacial score (nSPS) is 21.2. The van der Waals surface area contributed by atoms with Crippen LogP contribution in [-0.4, -0.2) is 66.1 Å². The van der Waals surface area contributed by atoms with E-state index in [-0.39, 0.29) is 29.9 Å². The molecular formula is C28H37FN6O4. The number of pyridine rings is 1. The first-order valence-electron chi connectivity index (χ1n) is 13.2. The summed E-state index contributed by atoms with van der Waals surface area (Å²) in [4.78, 5) is 47.6. The Morgan fingerprint density at radius 1 is 1.31 bits per heavy atom. The minimum Gasteiger partial charge on any atom is -0.443 e. The standard InChI is InChI=1S/C28H37FN6O4/c1-7-35(26(38)39-27(2,3)4)22-14-17(29)13-20-23(22)32-25(37)28(20,5)34-12-8-9-19(16-34)33(6)18-10-11-21(24(30)36)31-15-18/h10-11,13-15,19H,7-9,12,16H2,1-6H3,(H2,30,36)(H,32,37)/t19-,28?/m1/s1. The van der Waals surface area contributed by atoms with Crippen molar-refractivity contribution in [1.29, 1.82) is 0 Å². The van der Waals surface area contributed by atoms with Gasteiger partial charge in [-0.25, -0.2) is 14.2 Å². The SMILES string of the molecule is CCN(C(=O)OC(C)(C)C)c1cc(F)cc2c1NC(=O)C2(C)N1CCC[C@@H](N(C)c2ccc(C(N)=O)nc2)C1. The van der Waals surface area contributed by atoms with Crippen molar-refractivity contribution in [3.8, 4) is 0 Å². The first-order valence-corrected chi connectivity index (χ1v) is 13.2. The topological polar surface area (TPSA) is 121 Å². The molecule has 0 saturated carbocycles. The number of anilines is 3. The molecule has 2 atom stereocenters. The van der Waals surface area contributed by atoms with Crippen LogP contribution in [0.15, 0.2) is 30.5 Å². The van der Waals surface area contributed by atoms with Gasteiger partial charge in [-0.1, -0.05) is 0 Å². The van der Waals surface area contributed by atoms with Crippen molar-refractivity contribution in [2.45, 2.75) is 64.6 Å². The number of nitrogens with two attached hydrogens (primary N) is 1. The van der Waals surface area contributed by atoms with Crippen LogP contribution in [-0.2, 0) is 15.1 Å². The molecule has 0 aliphatic carbocycles. The van der Waals surface area contributed by atoms with Gasteiger partial charge in [-0.05, 0) is 78.3 Å². The van der Waals surface area contributed by atoms with Crippen molar-refractivity contribution in [2.75, 3.05) is 41.8 Å². The summed E-state index contributed by atoms with van der Waals surface area (Å²) in [6.07, 6.45) is 2.69. The average Bonchev–Trinajstić information content (AvgIpc) is 3.13. The summed E-state index contributed by atoms with van der Waals surface area (Å²) in [7, 11) is 1.94. The van der Waals surface area contributed by atoms with Crippen molar-refractivity contribution < 1.29 is 23.5 Å². The highest BCUT2D eigenvalue weighted by atomic mass is 19.1. The molecule has 1 fully saturated rings. The van der Waals surface area contributed by atoms with Gasteiger partial charge in [0.2, 0.25) is 5.91 Å². The van der Waals surface area contributed by atoms with E-state index in [1.807, 2.05) is 7.05 Å². The van der Waals surface area contributed by atoms with Crippen molar-refractivity contribution in [2.24, 2.45) is 5.73 Å². The summed E-state index contributed by atoms with van der Waals surface area (Å²) in [5.41, 5.74) is 5.61. The van der Waals surface area contributed by atoms with E-state index in [0.29, 0.717) is 24.3 Å². The molecular weight excluding hydrogens is 503 g/mol. The second-order valence-electron chi connectivity index (χ2n) is 11.2. The second-order valence-corrected chi connectivity index (χ2v) is 11.2. The van der Waals surface area contributed by atoms with E-state index in [4.69, 9.17) is 10.5 Å². The van der Waals surface area contributed by atoms with Crippen LogP contribution >= 0.6 is 0 Å². The molecule has 1 aromatic carbocycles. The number of nitrogens with zero attached hydrogens (tertiary/aromatic N) is 4. The maximum atomic E-state index is 15.1. The number of piperidine rings is 1. The van der Waals surface area contributed by atoms with Crippen molar-refractivity contribution in [1.82, 2.24) is 9.88 Å². The number of aromatic nitrogens is 1. The van der Waals surface area contributed by atoms with E-state index in [0.717, 1.165) is 18.5 Å². The zero-order chi connectivity index (χ0) is 28.7. The summed E-state index contributed by atoms with van der Waals surface area (Å²) >= 11 is 0. The quantitative estimate of drug-likeness (QED) is 0.571. The van der Waals surface area contributed by atoms with Crippen molar-refractivity contribution in [3.05, 3.63) is 47.5 Å². The Morgan fingerprint density at radius 2 is 2.03 bits per heavy atom. The number of halogens is 1. The van der Waals surface area contributed by atoms with Crippen LogP contribution in [0.1, 0.15) is 63.5 Å². The minimum absolute atomic E-state index is 0.0376. The van der Waals surface area contributed by atoms with Crippen LogP contribution in [0.3, 0.4) is 0 Å². The van der Waals surface area contributed by atoms with Gasteiger partial charge < -0.3 is 20.7 Å². The fourth-order valence-electron chi connectivity index (χ4n) is 5.34. The molecule has 1 unspecified atom stereocenters. The molecule has 4 rings (SSSR count). The van der Waals surface area contributed by atoms with Crippen molar-refractivity contribution in [3.63, 3.8) is 0 Å². The number of carbonyl (C=O) groups is 3. The molecule has 210 valence electrons. The summed E-state index contributed by atoms with van der Waals surface area (Å²) < 4.78 is 20.6. The zero-order valence-corrected chi connectivity index (χ0v) is 23.4. The third-order valence-electron chi connectivity index (χ3n) is 7.49. The summed E-state index contributed by atoms with van der Waals surface area (Å²) in [6, 6.07) is 6.05. The molecule has 39 heavy (non-hydrogen) atoms.